The fourth-order valence-corrected chi connectivity index (χ4v) is 2.14. The average Bonchev–Trinajstić information content (AvgIpc) is 3.09. The molecule has 2 N–H and O–H groups in total. The summed E-state index contributed by atoms with van der Waals surface area (Å²) in [5, 5.41) is 0. The number of rotatable bonds is 5. The van der Waals surface area contributed by atoms with Crippen molar-refractivity contribution in [1.82, 2.24) is 0 Å². The minimum atomic E-state index is -0.733. The highest BCUT2D eigenvalue weighted by molar-refractivity contribution is 5.24. The molecule has 1 aliphatic rings. The van der Waals surface area contributed by atoms with Crippen molar-refractivity contribution < 1.29 is 13.5 Å². The number of halogens is 2. The van der Waals surface area contributed by atoms with Gasteiger partial charge in [0.25, 0.3) is 0 Å². The van der Waals surface area contributed by atoms with E-state index in [0.29, 0.717) is 12.5 Å². The van der Waals surface area contributed by atoms with Crippen molar-refractivity contribution in [2.24, 2.45) is 11.7 Å². The number of hydrogen-bond donors (Lipinski definition) is 1. The predicted octanol–water partition coefficient (Wildman–Crippen LogP) is 2.78. The van der Waals surface area contributed by atoms with Gasteiger partial charge in [0, 0.05) is 12.2 Å². The number of ether oxygens (including phenoxy) is 1. The van der Waals surface area contributed by atoms with Gasteiger partial charge in [-0.3, -0.25) is 0 Å². The lowest BCUT2D eigenvalue weighted by Crippen LogP contribution is -2.32. The van der Waals surface area contributed by atoms with E-state index in [2.05, 4.69) is 0 Å². The summed E-state index contributed by atoms with van der Waals surface area (Å²) in [7, 11) is 0. The van der Waals surface area contributed by atoms with Gasteiger partial charge in [-0.2, -0.15) is 0 Å². The van der Waals surface area contributed by atoms with Gasteiger partial charge in [0.1, 0.15) is 11.6 Å². The number of benzene rings is 1. The fraction of sp³-hybridized carbons (Fsp3) is 0.538. The summed E-state index contributed by atoms with van der Waals surface area (Å²) in [5.41, 5.74) is 5.91. The van der Waals surface area contributed by atoms with Gasteiger partial charge in [-0.25, -0.2) is 8.78 Å². The Bertz CT molecular complexity index is 373. The quantitative estimate of drug-likeness (QED) is 0.860. The lowest BCUT2D eigenvalue weighted by molar-refractivity contribution is 0.0267. The molecule has 1 saturated carbocycles. The Kier molecular flexibility index (Phi) is 3.74. The largest absolute Gasteiger partial charge is 0.376 e. The summed E-state index contributed by atoms with van der Waals surface area (Å²) in [6, 6.07) is 3.07. The van der Waals surface area contributed by atoms with E-state index >= 15 is 0 Å². The molecular weight excluding hydrogens is 224 g/mol. The number of hydrogen-bond acceptors (Lipinski definition) is 2. The monoisotopic (exact) mass is 241 g/mol. The molecule has 0 saturated heterocycles. The van der Waals surface area contributed by atoms with E-state index in [9.17, 15) is 8.78 Å². The van der Waals surface area contributed by atoms with Gasteiger partial charge in [-0.1, -0.05) is 6.07 Å². The van der Waals surface area contributed by atoms with Crippen LogP contribution in [0.1, 0.15) is 31.4 Å². The molecule has 0 amide bonds. The lowest BCUT2D eigenvalue weighted by atomic mass is 9.98. The van der Waals surface area contributed by atoms with Crippen LogP contribution in [-0.2, 0) is 4.74 Å². The van der Waals surface area contributed by atoms with Crippen LogP contribution in [0.3, 0.4) is 0 Å². The Morgan fingerprint density at radius 2 is 1.94 bits per heavy atom. The zero-order chi connectivity index (χ0) is 12.4. The first-order valence-corrected chi connectivity index (χ1v) is 5.96. The molecule has 0 aromatic heterocycles. The molecule has 1 aliphatic carbocycles. The summed E-state index contributed by atoms with van der Waals surface area (Å²) >= 11 is 0. The molecule has 0 spiro atoms. The maximum Gasteiger partial charge on any atom is 0.131 e. The normalized spacial score (nSPS) is 19.1. The summed E-state index contributed by atoms with van der Waals surface area (Å²) in [5.74, 6) is -0.852. The summed E-state index contributed by atoms with van der Waals surface area (Å²) in [6.45, 7) is 2.37. The Morgan fingerprint density at radius 1 is 1.35 bits per heavy atom. The molecule has 2 unspecified atom stereocenters. The highest BCUT2D eigenvalue weighted by atomic mass is 19.1. The van der Waals surface area contributed by atoms with Crippen LogP contribution in [0.5, 0.6) is 0 Å². The third-order valence-corrected chi connectivity index (χ3v) is 3.13. The second-order valence-electron chi connectivity index (χ2n) is 4.42. The maximum absolute atomic E-state index is 13.6. The summed E-state index contributed by atoms with van der Waals surface area (Å²) < 4.78 is 32.8. The van der Waals surface area contributed by atoms with E-state index in [1.807, 2.05) is 6.92 Å². The summed E-state index contributed by atoms with van der Waals surface area (Å²) in [6.07, 6.45) is 1.76. The standard InChI is InChI=1S/C13H17F2NO/c1-2-17-13(8-6-7-8)12(16)11-9(14)4-3-5-10(11)15/h3-5,8,12-13H,2,6-7,16H2,1H3. The average molecular weight is 241 g/mol. The molecule has 2 rings (SSSR count). The topological polar surface area (TPSA) is 35.2 Å². The number of nitrogens with two attached hydrogens (primary N) is 1. The van der Waals surface area contributed by atoms with Crippen molar-refractivity contribution in [2.45, 2.75) is 31.9 Å². The van der Waals surface area contributed by atoms with Crippen molar-refractivity contribution >= 4 is 0 Å². The Morgan fingerprint density at radius 3 is 2.41 bits per heavy atom. The molecule has 2 atom stereocenters. The highest BCUT2D eigenvalue weighted by Crippen LogP contribution is 2.40. The molecule has 0 heterocycles. The highest BCUT2D eigenvalue weighted by Gasteiger charge is 2.38. The first-order chi connectivity index (χ1) is 8.15. The van der Waals surface area contributed by atoms with Gasteiger partial charge in [0.05, 0.1) is 12.1 Å². The molecule has 1 fully saturated rings. The summed E-state index contributed by atoms with van der Waals surface area (Å²) in [4.78, 5) is 0. The molecule has 94 valence electrons. The van der Waals surface area contributed by atoms with E-state index in [4.69, 9.17) is 10.5 Å². The minimum Gasteiger partial charge on any atom is -0.376 e. The zero-order valence-corrected chi connectivity index (χ0v) is 9.83. The van der Waals surface area contributed by atoms with Crippen LogP contribution in [0.15, 0.2) is 18.2 Å². The zero-order valence-electron chi connectivity index (χ0n) is 9.83. The molecule has 0 radical (unpaired) electrons. The fourth-order valence-electron chi connectivity index (χ4n) is 2.14. The van der Waals surface area contributed by atoms with E-state index in [1.165, 1.54) is 18.2 Å². The molecular formula is C13H17F2NO. The van der Waals surface area contributed by atoms with Crippen molar-refractivity contribution in [3.05, 3.63) is 35.4 Å². The van der Waals surface area contributed by atoms with Gasteiger partial charge in [0.15, 0.2) is 0 Å². The van der Waals surface area contributed by atoms with Crippen molar-refractivity contribution in [3.8, 4) is 0 Å². The van der Waals surface area contributed by atoms with Crippen LogP contribution in [-0.4, -0.2) is 12.7 Å². The van der Waals surface area contributed by atoms with Crippen LogP contribution in [0.2, 0.25) is 0 Å². The van der Waals surface area contributed by atoms with Gasteiger partial charge in [0.2, 0.25) is 0 Å². The van der Waals surface area contributed by atoms with Crippen LogP contribution < -0.4 is 5.73 Å². The Labute approximate surface area is 99.8 Å². The van der Waals surface area contributed by atoms with Crippen molar-refractivity contribution in [1.29, 1.82) is 0 Å². The second kappa shape index (κ2) is 5.10. The van der Waals surface area contributed by atoms with Gasteiger partial charge < -0.3 is 10.5 Å². The predicted molar refractivity (Wildman–Crippen MR) is 61.4 cm³/mol. The van der Waals surface area contributed by atoms with Gasteiger partial charge in [-0.05, 0) is 37.8 Å². The van der Waals surface area contributed by atoms with Crippen LogP contribution in [0, 0.1) is 17.6 Å². The SMILES string of the molecule is CCOC(C1CC1)C(N)c1c(F)cccc1F. The maximum atomic E-state index is 13.6. The lowest BCUT2D eigenvalue weighted by Gasteiger charge is -2.24. The smallest absolute Gasteiger partial charge is 0.131 e. The first-order valence-electron chi connectivity index (χ1n) is 5.96. The third-order valence-electron chi connectivity index (χ3n) is 3.13. The van der Waals surface area contributed by atoms with Crippen molar-refractivity contribution in [2.75, 3.05) is 6.61 Å². The van der Waals surface area contributed by atoms with Crippen LogP contribution in [0.4, 0.5) is 8.78 Å². The molecule has 0 aliphatic heterocycles. The molecule has 0 bridgehead atoms. The molecule has 2 nitrogen and oxygen atoms in total. The van der Waals surface area contributed by atoms with Crippen LogP contribution >= 0.6 is 0 Å². The molecule has 1 aromatic rings. The third kappa shape index (κ3) is 2.64. The van der Waals surface area contributed by atoms with E-state index in [0.717, 1.165) is 12.8 Å². The Hall–Kier alpha value is -1.00. The molecule has 4 heteroatoms. The van der Waals surface area contributed by atoms with E-state index in [-0.39, 0.29) is 11.7 Å². The van der Waals surface area contributed by atoms with Gasteiger partial charge in [-0.15, -0.1) is 0 Å². The molecule has 1 aromatic carbocycles. The van der Waals surface area contributed by atoms with E-state index < -0.39 is 17.7 Å². The molecule has 17 heavy (non-hydrogen) atoms. The minimum absolute atomic E-state index is 0.0575. The second-order valence-corrected chi connectivity index (χ2v) is 4.42. The van der Waals surface area contributed by atoms with E-state index in [1.54, 1.807) is 0 Å². The van der Waals surface area contributed by atoms with Crippen LogP contribution in [0.25, 0.3) is 0 Å². The first kappa shape index (κ1) is 12.5. The Balaban J connectivity index is 2.24. The van der Waals surface area contributed by atoms with Crippen molar-refractivity contribution in [3.63, 3.8) is 0 Å². The van der Waals surface area contributed by atoms with Gasteiger partial charge >= 0.3 is 0 Å².